The number of thiophene rings is 1. The molecular weight excluding hydrogens is 340 g/mol. The van der Waals surface area contributed by atoms with Crippen LogP contribution in [-0.2, 0) is 9.53 Å². The number of anilines is 1. The summed E-state index contributed by atoms with van der Waals surface area (Å²) in [6.07, 6.45) is 0. The second-order valence-corrected chi connectivity index (χ2v) is 6.04. The lowest BCUT2D eigenvalue weighted by Gasteiger charge is -2.08. The molecule has 2 aromatic rings. The van der Waals surface area contributed by atoms with Crippen LogP contribution in [0.5, 0.6) is 0 Å². The minimum absolute atomic E-state index is 0.0937. The van der Waals surface area contributed by atoms with Crippen molar-refractivity contribution in [1.82, 2.24) is 15.3 Å². The minimum Gasteiger partial charge on any atom is -0.462 e. The SMILES string of the molecule is CCOC(=O)c1sc2nc(Cl)nc(NCCNC(C)=O)c2c1C. The monoisotopic (exact) mass is 356 g/mol. The fourth-order valence-corrected chi connectivity index (χ4v) is 3.35. The molecule has 0 saturated carbocycles. The lowest BCUT2D eigenvalue weighted by molar-refractivity contribution is -0.118. The molecule has 0 aliphatic heterocycles. The second kappa shape index (κ2) is 7.56. The van der Waals surface area contributed by atoms with Crippen LogP contribution < -0.4 is 10.6 Å². The Kier molecular flexibility index (Phi) is 5.73. The summed E-state index contributed by atoms with van der Waals surface area (Å²) in [5, 5.41) is 6.63. The van der Waals surface area contributed by atoms with Gasteiger partial charge in [0.05, 0.1) is 12.0 Å². The number of nitrogens with one attached hydrogen (secondary N) is 2. The number of halogens is 1. The number of amides is 1. The van der Waals surface area contributed by atoms with Crippen LogP contribution in [0.2, 0.25) is 5.28 Å². The Hall–Kier alpha value is -1.93. The summed E-state index contributed by atoms with van der Waals surface area (Å²) in [6, 6.07) is 0. The number of fused-ring (bicyclic) bond motifs is 1. The number of esters is 1. The number of ether oxygens (including phenoxy) is 1. The predicted octanol–water partition coefficient (Wildman–Crippen LogP) is 2.38. The Balaban J connectivity index is 2.32. The van der Waals surface area contributed by atoms with E-state index < -0.39 is 0 Å². The van der Waals surface area contributed by atoms with Gasteiger partial charge in [0, 0.05) is 20.0 Å². The standard InChI is InChI=1S/C14H17ClN4O3S/c1-4-22-13(21)10-7(2)9-11(17-6-5-16-8(3)20)18-14(15)19-12(9)23-10/h4-6H2,1-3H3,(H,16,20)(H,17,18,19). The molecule has 9 heteroatoms. The molecule has 2 N–H and O–H groups in total. The fourth-order valence-electron chi connectivity index (χ4n) is 2.05. The normalized spacial score (nSPS) is 10.6. The van der Waals surface area contributed by atoms with Crippen molar-refractivity contribution in [3.05, 3.63) is 15.7 Å². The average molecular weight is 357 g/mol. The first kappa shape index (κ1) is 17.4. The minimum atomic E-state index is -0.381. The highest BCUT2D eigenvalue weighted by Gasteiger charge is 2.21. The molecule has 7 nitrogen and oxygen atoms in total. The molecule has 124 valence electrons. The molecule has 0 aliphatic rings. The quantitative estimate of drug-likeness (QED) is 0.469. The third kappa shape index (κ3) is 4.08. The van der Waals surface area contributed by atoms with Gasteiger partial charge in [-0.3, -0.25) is 4.79 Å². The van der Waals surface area contributed by atoms with Gasteiger partial charge in [-0.2, -0.15) is 0 Å². The zero-order valence-corrected chi connectivity index (χ0v) is 14.6. The number of carbonyl (C=O) groups is 2. The van der Waals surface area contributed by atoms with Crippen molar-refractivity contribution in [3.8, 4) is 0 Å². The van der Waals surface area contributed by atoms with Gasteiger partial charge in [-0.1, -0.05) is 0 Å². The van der Waals surface area contributed by atoms with E-state index in [4.69, 9.17) is 16.3 Å². The Bertz CT molecular complexity index is 747. The molecule has 2 aromatic heterocycles. The summed E-state index contributed by atoms with van der Waals surface area (Å²) in [5.41, 5.74) is 0.752. The molecule has 23 heavy (non-hydrogen) atoms. The van der Waals surface area contributed by atoms with Crippen molar-refractivity contribution in [2.75, 3.05) is 25.0 Å². The van der Waals surface area contributed by atoms with Gasteiger partial charge in [0.1, 0.15) is 15.5 Å². The molecule has 0 aliphatic carbocycles. The highest BCUT2D eigenvalue weighted by Crippen LogP contribution is 2.34. The number of aryl methyl sites for hydroxylation is 1. The van der Waals surface area contributed by atoms with Gasteiger partial charge in [-0.15, -0.1) is 11.3 Å². The van der Waals surface area contributed by atoms with E-state index in [9.17, 15) is 9.59 Å². The highest BCUT2D eigenvalue weighted by atomic mass is 35.5. The van der Waals surface area contributed by atoms with Crippen LogP contribution in [-0.4, -0.2) is 41.5 Å². The molecule has 2 rings (SSSR count). The van der Waals surface area contributed by atoms with Crippen molar-refractivity contribution in [2.45, 2.75) is 20.8 Å². The van der Waals surface area contributed by atoms with E-state index in [1.165, 1.54) is 18.3 Å². The zero-order valence-electron chi connectivity index (χ0n) is 13.0. The molecule has 0 atom stereocenters. The van der Waals surface area contributed by atoms with Gasteiger partial charge in [0.25, 0.3) is 0 Å². The summed E-state index contributed by atoms with van der Waals surface area (Å²) >= 11 is 7.17. The van der Waals surface area contributed by atoms with Gasteiger partial charge in [0.15, 0.2) is 0 Å². The van der Waals surface area contributed by atoms with Crippen molar-refractivity contribution >= 4 is 50.8 Å². The third-order valence-corrected chi connectivity index (χ3v) is 4.35. The van der Waals surface area contributed by atoms with E-state index in [0.717, 1.165) is 10.9 Å². The molecule has 0 radical (unpaired) electrons. The summed E-state index contributed by atoms with van der Waals surface area (Å²) in [4.78, 5) is 32.3. The van der Waals surface area contributed by atoms with E-state index in [0.29, 0.717) is 35.2 Å². The third-order valence-electron chi connectivity index (χ3n) is 3.02. The maximum Gasteiger partial charge on any atom is 0.348 e. The lowest BCUT2D eigenvalue weighted by atomic mass is 10.2. The maximum absolute atomic E-state index is 12.0. The van der Waals surface area contributed by atoms with Gasteiger partial charge in [-0.25, -0.2) is 14.8 Å². The molecule has 0 saturated heterocycles. The second-order valence-electron chi connectivity index (χ2n) is 4.71. The predicted molar refractivity (Wildman–Crippen MR) is 90.3 cm³/mol. The summed E-state index contributed by atoms with van der Waals surface area (Å²) in [7, 11) is 0. The zero-order chi connectivity index (χ0) is 17.0. The maximum atomic E-state index is 12.0. The Morgan fingerprint density at radius 2 is 2.04 bits per heavy atom. The summed E-state index contributed by atoms with van der Waals surface area (Å²) < 4.78 is 5.06. The Morgan fingerprint density at radius 3 is 2.70 bits per heavy atom. The molecule has 2 heterocycles. The first-order valence-electron chi connectivity index (χ1n) is 7.06. The Labute approximate surface area is 142 Å². The van der Waals surface area contributed by atoms with E-state index in [1.54, 1.807) is 6.92 Å². The Morgan fingerprint density at radius 1 is 1.30 bits per heavy atom. The van der Waals surface area contributed by atoms with Crippen LogP contribution >= 0.6 is 22.9 Å². The smallest absolute Gasteiger partial charge is 0.348 e. The van der Waals surface area contributed by atoms with Gasteiger partial charge in [0.2, 0.25) is 11.2 Å². The molecule has 1 amide bonds. The first-order chi connectivity index (χ1) is 10.9. The largest absolute Gasteiger partial charge is 0.462 e. The van der Waals surface area contributed by atoms with E-state index in [1.807, 2.05) is 6.92 Å². The molecule has 0 fully saturated rings. The van der Waals surface area contributed by atoms with Crippen LogP contribution in [0.25, 0.3) is 10.2 Å². The first-order valence-corrected chi connectivity index (χ1v) is 8.25. The van der Waals surface area contributed by atoms with Crippen LogP contribution in [0.3, 0.4) is 0 Å². The highest BCUT2D eigenvalue weighted by molar-refractivity contribution is 7.20. The molecule has 0 aromatic carbocycles. The van der Waals surface area contributed by atoms with E-state index in [-0.39, 0.29) is 17.2 Å². The van der Waals surface area contributed by atoms with Gasteiger partial charge < -0.3 is 15.4 Å². The van der Waals surface area contributed by atoms with Crippen LogP contribution in [0.15, 0.2) is 0 Å². The average Bonchev–Trinajstić information content (AvgIpc) is 2.80. The van der Waals surface area contributed by atoms with Crippen molar-refractivity contribution in [2.24, 2.45) is 0 Å². The van der Waals surface area contributed by atoms with Crippen molar-refractivity contribution < 1.29 is 14.3 Å². The van der Waals surface area contributed by atoms with Gasteiger partial charge >= 0.3 is 5.97 Å². The van der Waals surface area contributed by atoms with Crippen LogP contribution in [0, 0.1) is 6.92 Å². The lowest BCUT2D eigenvalue weighted by Crippen LogP contribution is -2.26. The van der Waals surface area contributed by atoms with Gasteiger partial charge in [-0.05, 0) is 31.0 Å². The number of hydrogen-bond donors (Lipinski definition) is 2. The van der Waals surface area contributed by atoms with E-state index >= 15 is 0 Å². The van der Waals surface area contributed by atoms with Crippen molar-refractivity contribution in [1.29, 1.82) is 0 Å². The molecular formula is C14H17ClN4O3S. The topological polar surface area (TPSA) is 93.2 Å². The number of carbonyl (C=O) groups excluding carboxylic acids is 2. The number of nitrogens with zero attached hydrogens (tertiary/aromatic N) is 2. The number of hydrogen-bond acceptors (Lipinski definition) is 7. The van der Waals surface area contributed by atoms with Crippen LogP contribution in [0.4, 0.5) is 5.82 Å². The van der Waals surface area contributed by atoms with Crippen molar-refractivity contribution in [3.63, 3.8) is 0 Å². The van der Waals surface area contributed by atoms with Crippen LogP contribution in [0.1, 0.15) is 29.1 Å². The van der Waals surface area contributed by atoms with E-state index in [2.05, 4.69) is 20.6 Å². The molecule has 0 bridgehead atoms. The summed E-state index contributed by atoms with van der Waals surface area (Å²) in [5.74, 6) is 0.0527. The fraction of sp³-hybridized carbons (Fsp3) is 0.429. The number of aromatic nitrogens is 2. The summed E-state index contributed by atoms with van der Waals surface area (Å²) in [6.45, 7) is 6.27. The molecule has 0 spiro atoms. The number of rotatable bonds is 6. The molecule has 0 unspecified atom stereocenters.